The lowest BCUT2D eigenvalue weighted by Crippen LogP contribution is -2.16. The highest BCUT2D eigenvalue weighted by Crippen LogP contribution is 1.92. The molecule has 0 amide bonds. The number of ether oxygens (including phenoxy) is 1. The van der Waals surface area contributed by atoms with E-state index in [9.17, 15) is 8.42 Å². The van der Waals surface area contributed by atoms with Gasteiger partial charge in [-0.3, -0.25) is 0 Å². The zero-order chi connectivity index (χ0) is 8.74. The Morgan fingerprint density at radius 3 is 2.45 bits per heavy atom. The van der Waals surface area contributed by atoms with Crippen LogP contribution in [0.3, 0.4) is 0 Å². The van der Waals surface area contributed by atoms with Crippen molar-refractivity contribution in [3.63, 3.8) is 0 Å². The summed E-state index contributed by atoms with van der Waals surface area (Å²) in [5.74, 6) is 0.205. The second kappa shape index (κ2) is 5.80. The van der Waals surface area contributed by atoms with E-state index < -0.39 is 9.84 Å². The second-order valence-corrected chi connectivity index (χ2v) is 4.63. The maximum atomic E-state index is 10.9. The fourth-order valence-corrected chi connectivity index (χ4v) is 2.02. The third-order valence-electron chi connectivity index (χ3n) is 1.07. The molecule has 0 spiro atoms. The molecule has 0 aliphatic carbocycles. The lowest BCUT2D eigenvalue weighted by atomic mass is 10.8. The summed E-state index contributed by atoms with van der Waals surface area (Å²) in [6, 6.07) is 0. The van der Waals surface area contributed by atoms with Gasteiger partial charge in [0.25, 0.3) is 0 Å². The molecule has 0 saturated heterocycles. The van der Waals surface area contributed by atoms with Crippen molar-refractivity contribution in [3.8, 4) is 0 Å². The van der Waals surface area contributed by atoms with Crippen molar-refractivity contribution in [1.29, 1.82) is 0 Å². The average Bonchev–Trinajstić information content (AvgIpc) is 1.87. The first-order chi connectivity index (χ1) is 5.12. The minimum atomic E-state index is -2.99. The van der Waals surface area contributed by atoms with Crippen molar-refractivity contribution in [2.24, 2.45) is 0 Å². The molecule has 0 unspecified atom stereocenters. The van der Waals surface area contributed by atoms with E-state index in [0.717, 1.165) is 0 Å². The van der Waals surface area contributed by atoms with Crippen LogP contribution in [0.4, 0.5) is 0 Å². The summed E-state index contributed by atoms with van der Waals surface area (Å²) in [6.07, 6.45) is 0. The molecule has 67 valence electrons. The lowest BCUT2D eigenvalue weighted by molar-refractivity contribution is 0.177. The molecular weight excluding hydrogens is 188 g/mol. The summed E-state index contributed by atoms with van der Waals surface area (Å²) in [6.45, 7) is 3.92. The van der Waals surface area contributed by atoms with Crippen LogP contribution in [-0.2, 0) is 14.6 Å². The van der Waals surface area contributed by atoms with Crippen LogP contribution in [-0.4, -0.2) is 39.0 Å². The van der Waals surface area contributed by atoms with Gasteiger partial charge in [0.2, 0.25) is 0 Å². The molecule has 0 rings (SSSR count). The maximum absolute atomic E-state index is 10.9. The second-order valence-electron chi connectivity index (χ2n) is 1.95. The molecule has 0 N–H and O–H groups in total. The van der Waals surface area contributed by atoms with Gasteiger partial charge >= 0.3 is 0 Å². The van der Waals surface area contributed by atoms with E-state index in [4.69, 9.17) is 16.3 Å². The van der Waals surface area contributed by atoms with Crippen LogP contribution in [0.1, 0.15) is 0 Å². The summed E-state index contributed by atoms with van der Waals surface area (Å²) < 4.78 is 26.6. The first kappa shape index (κ1) is 11.2. The van der Waals surface area contributed by atoms with Gasteiger partial charge in [-0.1, -0.05) is 0 Å². The summed E-state index contributed by atoms with van der Waals surface area (Å²) in [7, 11) is -2.99. The van der Waals surface area contributed by atoms with Gasteiger partial charge in [-0.2, -0.15) is 0 Å². The first-order valence-electron chi connectivity index (χ1n) is 3.26. The van der Waals surface area contributed by atoms with Crippen molar-refractivity contribution in [3.05, 3.63) is 6.92 Å². The molecule has 0 heterocycles. The van der Waals surface area contributed by atoms with Crippen molar-refractivity contribution in [2.75, 3.05) is 30.6 Å². The molecule has 0 saturated carbocycles. The molecule has 0 bridgehead atoms. The van der Waals surface area contributed by atoms with Gasteiger partial charge in [0.05, 0.1) is 18.1 Å². The Kier molecular flexibility index (Phi) is 5.91. The van der Waals surface area contributed by atoms with Crippen LogP contribution in [0, 0.1) is 6.92 Å². The van der Waals surface area contributed by atoms with Crippen LogP contribution < -0.4 is 0 Å². The molecular formula is C6H12ClO3S. The lowest BCUT2D eigenvalue weighted by Gasteiger charge is -2.01. The highest BCUT2D eigenvalue weighted by molar-refractivity contribution is 7.91. The van der Waals surface area contributed by atoms with Crippen molar-refractivity contribution in [2.45, 2.75) is 0 Å². The maximum Gasteiger partial charge on any atom is 0.153 e. The molecule has 0 aliphatic heterocycles. The Labute approximate surface area is 72.6 Å². The number of alkyl halides is 1. The third kappa shape index (κ3) is 6.59. The Morgan fingerprint density at radius 1 is 1.36 bits per heavy atom. The van der Waals surface area contributed by atoms with E-state index in [1.165, 1.54) is 0 Å². The number of hydrogen-bond donors (Lipinski definition) is 0. The molecule has 5 heteroatoms. The highest BCUT2D eigenvalue weighted by atomic mass is 35.5. The first-order valence-corrected chi connectivity index (χ1v) is 5.61. The number of halogens is 1. The van der Waals surface area contributed by atoms with Crippen molar-refractivity contribution in [1.82, 2.24) is 0 Å². The standard InChI is InChI=1S/C6H12ClO3S/c1-2-10-4-6-11(8,9)5-3-7/h1-6H2. The Balaban J connectivity index is 3.56. The molecule has 3 nitrogen and oxygen atoms in total. The molecule has 0 atom stereocenters. The monoisotopic (exact) mass is 199 g/mol. The SMILES string of the molecule is [CH2]COCCS(=O)(=O)CCCl. The predicted molar refractivity (Wildman–Crippen MR) is 45.5 cm³/mol. The highest BCUT2D eigenvalue weighted by Gasteiger charge is 2.08. The quantitative estimate of drug-likeness (QED) is 0.462. The van der Waals surface area contributed by atoms with E-state index in [1.54, 1.807) is 0 Å². The van der Waals surface area contributed by atoms with Crippen molar-refractivity contribution < 1.29 is 13.2 Å². The third-order valence-corrected chi connectivity index (χ3v) is 3.10. The minimum Gasteiger partial charge on any atom is -0.380 e. The van der Waals surface area contributed by atoms with Gasteiger partial charge in [0, 0.05) is 12.5 Å². The van der Waals surface area contributed by atoms with Crippen LogP contribution in [0.15, 0.2) is 0 Å². The van der Waals surface area contributed by atoms with E-state index >= 15 is 0 Å². The molecule has 0 aliphatic rings. The van der Waals surface area contributed by atoms with E-state index in [0.29, 0.717) is 6.61 Å². The average molecular weight is 200 g/mol. The fourth-order valence-electron chi connectivity index (χ4n) is 0.508. The van der Waals surface area contributed by atoms with E-state index in [-0.39, 0.29) is 24.0 Å². The fraction of sp³-hybridized carbons (Fsp3) is 0.833. The van der Waals surface area contributed by atoms with Gasteiger partial charge in [-0.25, -0.2) is 8.42 Å². The normalized spacial score (nSPS) is 11.8. The van der Waals surface area contributed by atoms with E-state index in [2.05, 4.69) is 6.92 Å². The number of rotatable bonds is 6. The summed E-state index contributed by atoms with van der Waals surface area (Å²) >= 11 is 5.27. The largest absolute Gasteiger partial charge is 0.380 e. The number of sulfone groups is 1. The number of hydrogen-bond acceptors (Lipinski definition) is 3. The molecule has 11 heavy (non-hydrogen) atoms. The van der Waals surface area contributed by atoms with Gasteiger partial charge in [0.15, 0.2) is 9.84 Å². The van der Waals surface area contributed by atoms with Crippen molar-refractivity contribution >= 4 is 21.4 Å². The zero-order valence-corrected chi connectivity index (χ0v) is 7.83. The molecule has 0 aromatic heterocycles. The molecule has 0 fully saturated rings. The van der Waals surface area contributed by atoms with Gasteiger partial charge in [0.1, 0.15) is 0 Å². The van der Waals surface area contributed by atoms with E-state index in [1.807, 2.05) is 0 Å². The minimum absolute atomic E-state index is 0.0229. The van der Waals surface area contributed by atoms with Crippen LogP contribution >= 0.6 is 11.6 Å². The topological polar surface area (TPSA) is 43.4 Å². The Bertz CT molecular complexity index is 176. The summed E-state index contributed by atoms with van der Waals surface area (Å²) in [4.78, 5) is 0. The smallest absolute Gasteiger partial charge is 0.153 e. The predicted octanol–water partition coefficient (Wildman–Crippen LogP) is 0.491. The molecule has 1 radical (unpaired) electrons. The van der Waals surface area contributed by atoms with Gasteiger partial charge in [-0.15, -0.1) is 11.6 Å². The Hall–Kier alpha value is 0.200. The summed E-state index contributed by atoms with van der Waals surface area (Å²) in [5.41, 5.74) is 0. The Morgan fingerprint density at radius 2 is 2.00 bits per heavy atom. The molecule has 0 aromatic rings. The molecule has 0 aromatic carbocycles. The van der Waals surface area contributed by atoms with Crippen LogP contribution in [0.2, 0.25) is 0 Å². The summed E-state index contributed by atoms with van der Waals surface area (Å²) in [5, 5.41) is 0. The zero-order valence-electron chi connectivity index (χ0n) is 6.25. The van der Waals surface area contributed by atoms with Crippen LogP contribution in [0.25, 0.3) is 0 Å². The van der Waals surface area contributed by atoms with Crippen LogP contribution in [0.5, 0.6) is 0 Å². The van der Waals surface area contributed by atoms with Gasteiger partial charge < -0.3 is 4.74 Å². The van der Waals surface area contributed by atoms with Gasteiger partial charge in [-0.05, 0) is 6.92 Å².